The van der Waals surface area contributed by atoms with Crippen molar-refractivity contribution in [3.8, 4) is 0 Å². The Bertz CT molecular complexity index is 915. The van der Waals surface area contributed by atoms with E-state index in [0.717, 1.165) is 23.1 Å². The van der Waals surface area contributed by atoms with Crippen LogP contribution >= 0.6 is 0 Å². The number of allylic oxidation sites excluding steroid dienone is 8. The van der Waals surface area contributed by atoms with Crippen molar-refractivity contribution in [2.24, 2.45) is 23.7 Å². The summed E-state index contributed by atoms with van der Waals surface area (Å²) in [5.41, 5.74) is 3.16. The number of hydrogen-bond acceptors (Lipinski definition) is 5. The first-order valence-corrected chi connectivity index (χ1v) is 13.0. The number of ketones is 1. The summed E-state index contributed by atoms with van der Waals surface area (Å²) < 4.78 is 5.24. The van der Waals surface area contributed by atoms with Gasteiger partial charge < -0.3 is 21.1 Å². The van der Waals surface area contributed by atoms with E-state index in [-0.39, 0.29) is 75.2 Å². The summed E-state index contributed by atoms with van der Waals surface area (Å²) in [7, 11) is 0. The van der Waals surface area contributed by atoms with E-state index in [4.69, 9.17) is 9.84 Å². The van der Waals surface area contributed by atoms with E-state index in [1.54, 1.807) is 13.0 Å². The molecule has 0 aromatic carbocycles. The summed E-state index contributed by atoms with van der Waals surface area (Å²) in [5.74, 6) is -0.729. The van der Waals surface area contributed by atoms with E-state index >= 15 is 0 Å². The standard InChI is InChI=1S/C31H46O5.H2N.Y/c1-21(18-23(3)14-15-28-12-9-13-29(33)36-28)10-8-11-22(2)19-25(5)30(34)27(7)31(35)26(6)20-24(4)16-17-32;;/h8-9,11,13-16,18-19,21,25-28,31-32,35H,10,12,17,20H2,1-7H3;1H2;/q;-1;/b11-8+,15-14+,22-19+,23-18-,24-16+;;. The number of carbonyl (C=O) groups is 2. The molecule has 6 atom stereocenters. The third kappa shape index (κ3) is 15.2. The van der Waals surface area contributed by atoms with Gasteiger partial charge in [-0.25, -0.2) is 4.79 Å². The molecule has 1 aliphatic rings. The van der Waals surface area contributed by atoms with Crippen LogP contribution in [0.25, 0.3) is 6.15 Å². The van der Waals surface area contributed by atoms with E-state index in [1.165, 1.54) is 6.08 Å². The van der Waals surface area contributed by atoms with E-state index in [9.17, 15) is 14.7 Å². The molecule has 0 fully saturated rings. The number of ether oxygens (including phenoxy) is 1. The first kappa shape index (κ1) is 38.7. The molecule has 1 heterocycles. The normalized spacial score (nSPS) is 20.8. The average molecular weight is 604 g/mol. The van der Waals surface area contributed by atoms with Crippen molar-refractivity contribution < 1.29 is 57.2 Å². The van der Waals surface area contributed by atoms with Crippen molar-refractivity contribution in [2.75, 3.05) is 6.61 Å². The van der Waals surface area contributed by atoms with Crippen LogP contribution in [-0.4, -0.2) is 40.8 Å². The molecule has 0 saturated carbocycles. The third-order valence-electron chi connectivity index (χ3n) is 6.49. The van der Waals surface area contributed by atoms with E-state index in [2.05, 4.69) is 19.1 Å². The fourth-order valence-corrected chi connectivity index (χ4v) is 4.43. The smallest absolute Gasteiger partial charge is 0.331 e. The summed E-state index contributed by atoms with van der Waals surface area (Å²) in [5, 5.41) is 19.7. The number of carbonyl (C=O) groups excluding carboxylic acids is 2. The maximum Gasteiger partial charge on any atom is 0.331 e. The molecule has 7 heteroatoms. The van der Waals surface area contributed by atoms with Crippen LogP contribution in [0.15, 0.2) is 71.4 Å². The van der Waals surface area contributed by atoms with Crippen LogP contribution in [0.2, 0.25) is 0 Å². The van der Waals surface area contributed by atoms with Gasteiger partial charge in [0.2, 0.25) is 0 Å². The number of aliphatic hydroxyl groups is 2. The zero-order chi connectivity index (χ0) is 27.3. The van der Waals surface area contributed by atoms with Crippen LogP contribution in [-0.2, 0) is 47.0 Å². The largest absolute Gasteiger partial charge is 0.693 e. The molecular formula is C31H48NO5Y-. The maximum absolute atomic E-state index is 12.9. The Balaban J connectivity index is 0. The predicted octanol–water partition coefficient (Wildman–Crippen LogP) is 6.77. The van der Waals surface area contributed by atoms with Gasteiger partial charge in [0.05, 0.1) is 12.7 Å². The van der Waals surface area contributed by atoms with E-state index in [1.807, 2.05) is 65.0 Å². The molecule has 0 spiro atoms. The maximum atomic E-state index is 12.9. The Morgan fingerprint density at radius 2 is 1.74 bits per heavy atom. The zero-order valence-corrected chi connectivity index (χ0v) is 27.1. The number of nitrogens with two attached hydrogens (primary N) is 1. The van der Waals surface area contributed by atoms with Gasteiger partial charge in [-0.05, 0) is 51.5 Å². The molecule has 0 amide bonds. The van der Waals surface area contributed by atoms with Crippen molar-refractivity contribution in [3.05, 3.63) is 77.6 Å². The first-order chi connectivity index (χ1) is 16.9. The molecule has 4 N–H and O–H groups in total. The molecule has 38 heavy (non-hydrogen) atoms. The van der Waals surface area contributed by atoms with Crippen molar-refractivity contribution in [1.82, 2.24) is 0 Å². The van der Waals surface area contributed by atoms with Crippen molar-refractivity contribution in [3.63, 3.8) is 0 Å². The SMILES string of the molecule is CC(=C/C(C)C/C=C/C(C)=C/C(C)C(=O)C(C)C(O)C(C)C/C(C)=C/CO)/C=C/C1CC=CC(=O)O1.[NH2-].[Y]. The first-order valence-electron chi connectivity index (χ1n) is 13.0. The van der Waals surface area contributed by atoms with Crippen LogP contribution in [0, 0.1) is 23.7 Å². The van der Waals surface area contributed by atoms with Crippen molar-refractivity contribution in [2.45, 2.75) is 79.9 Å². The minimum Gasteiger partial charge on any atom is -0.693 e. The van der Waals surface area contributed by atoms with Gasteiger partial charge in [-0.1, -0.05) is 86.9 Å². The number of hydrogen-bond donors (Lipinski definition) is 2. The third-order valence-corrected chi connectivity index (χ3v) is 6.49. The number of cyclic esters (lactones) is 1. The summed E-state index contributed by atoms with van der Waals surface area (Å²) >= 11 is 0. The van der Waals surface area contributed by atoms with Crippen LogP contribution in [0.5, 0.6) is 0 Å². The Morgan fingerprint density at radius 3 is 2.34 bits per heavy atom. The molecule has 0 aromatic heterocycles. The molecule has 211 valence electrons. The number of aliphatic hydroxyl groups excluding tert-OH is 2. The summed E-state index contributed by atoms with van der Waals surface area (Å²) in [6.45, 7) is 13.7. The van der Waals surface area contributed by atoms with E-state index in [0.29, 0.717) is 18.8 Å². The van der Waals surface area contributed by atoms with E-state index < -0.39 is 12.0 Å². The van der Waals surface area contributed by atoms with Crippen molar-refractivity contribution in [1.29, 1.82) is 0 Å². The number of esters is 1. The van der Waals surface area contributed by atoms with Gasteiger partial charge >= 0.3 is 5.97 Å². The van der Waals surface area contributed by atoms with Crippen LogP contribution in [0.1, 0.15) is 67.7 Å². The molecule has 0 aliphatic carbocycles. The van der Waals surface area contributed by atoms with Gasteiger partial charge in [-0.2, -0.15) is 0 Å². The molecule has 0 bridgehead atoms. The van der Waals surface area contributed by atoms with Gasteiger partial charge in [0.15, 0.2) is 0 Å². The second-order valence-corrected chi connectivity index (χ2v) is 10.3. The molecule has 1 rings (SSSR count). The zero-order valence-electron chi connectivity index (χ0n) is 24.3. The molecule has 6 unspecified atom stereocenters. The van der Waals surface area contributed by atoms with Gasteiger partial charge in [0.25, 0.3) is 0 Å². The molecule has 0 saturated heterocycles. The van der Waals surface area contributed by atoms with Gasteiger partial charge in [0.1, 0.15) is 11.9 Å². The van der Waals surface area contributed by atoms with Gasteiger partial charge in [-0.3, -0.25) is 4.79 Å². The summed E-state index contributed by atoms with van der Waals surface area (Å²) in [6.07, 6.45) is 18.6. The minimum atomic E-state index is -0.724. The summed E-state index contributed by atoms with van der Waals surface area (Å²) in [4.78, 5) is 24.2. The van der Waals surface area contributed by atoms with Crippen LogP contribution in [0.4, 0.5) is 0 Å². The molecule has 1 radical (unpaired) electrons. The van der Waals surface area contributed by atoms with Crippen LogP contribution in [0.3, 0.4) is 0 Å². The summed E-state index contributed by atoms with van der Waals surface area (Å²) in [6, 6.07) is 0. The number of Topliss-reactive ketones (excluding diaryl/α,β-unsaturated/α-hetero) is 1. The fraction of sp³-hybridized carbons (Fsp3) is 0.548. The Labute approximate surface area is 255 Å². The van der Waals surface area contributed by atoms with Crippen molar-refractivity contribution >= 4 is 11.8 Å². The molecule has 6 nitrogen and oxygen atoms in total. The average Bonchev–Trinajstić information content (AvgIpc) is 2.81. The minimum absolute atomic E-state index is 0. The fourth-order valence-electron chi connectivity index (χ4n) is 4.43. The number of rotatable bonds is 14. The predicted molar refractivity (Wildman–Crippen MR) is 152 cm³/mol. The topological polar surface area (TPSA) is 117 Å². The molecular weight excluding hydrogens is 555 g/mol. The monoisotopic (exact) mass is 603 g/mol. The Morgan fingerprint density at radius 1 is 1.11 bits per heavy atom. The van der Waals surface area contributed by atoms with Gasteiger partial charge in [0, 0.05) is 57.0 Å². The Hall–Kier alpha value is -1.44. The quantitative estimate of drug-likeness (QED) is 0.129. The van der Waals surface area contributed by atoms with Gasteiger partial charge in [-0.15, -0.1) is 0 Å². The molecule has 0 aromatic rings. The molecule has 1 aliphatic heterocycles. The Kier molecular flexibility index (Phi) is 20.8. The van der Waals surface area contributed by atoms with Crippen LogP contribution < -0.4 is 0 Å². The second kappa shape index (κ2) is 20.5. The second-order valence-electron chi connectivity index (χ2n) is 10.3.